The molecule has 1 atom stereocenters. The molecule has 1 spiro atoms. The summed E-state index contributed by atoms with van der Waals surface area (Å²) in [4.78, 5) is 0. The highest BCUT2D eigenvalue weighted by molar-refractivity contribution is 5.14. The number of rotatable bonds is 3. The van der Waals surface area contributed by atoms with Crippen LogP contribution in [0.4, 0.5) is 0 Å². The summed E-state index contributed by atoms with van der Waals surface area (Å²) in [5.74, 6) is 0. The first-order valence-corrected chi connectivity index (χ1v) is 7.79. The second kappa shape index (κ2) is 6.06. The van der Waals surface area contributed by atoms with Crippen LogP contribution in [0.25, 0.3) is 0 Å². The second-order valence-corrected chi connectivity index (χ2v) is 6.14. The standard InChI is InChI=1S/C17H25NO/c1-3-7-15(8-4-1)9-10-16-13-18-14-17(19-16)11-5-2-6-12-17/h1,3-4,7-8,16,18H,2,5-6,9-14H2. The molecule has 2 nitrogen and oxygen atoms in total. The summed E-state index contributed by atoms with van der Waals surface area (Å²) < 4.78 is 6.47. The molecule has 1 saturated heterocycles. The lowest BCUT2D eigenvalue weighted by molar-refractivity contribution is -0.135. The molecule has 3 rings (SSSR count). The Kier molecular flexibility index (Phi) is 4.19. The Hall–Kier alpha value is -0.860. The van der Waals surface area contributed by atoms with E-state index in [1.165, 1.54) is 37.7 Å². The third kappa shape index (κ3) is 3.37. The van der Waals surface area contributed by atoms with Gasteiger partial charge in [0.25, 0.3) is 0 Å². The quantitative estimate of drug-likeness (QED) is 0.899. The van der Waals surface area contributed by atoms with Crippen molar-refractivity contribution < 1.29 is 4.74 Å². The molecule has 19 heavy (non-hydrogen) atoms. The number of nitrogens with one attached hydrogen (secondary N) is 1. The zero-order valence-electron chi connectivity index (χ0n) is 11.7. The smallest absolute Gasteiger partial charge is 0.0810 e. The first kappa shape index (κ1) is 13.1. The Balaban J connectivity index is 1.53. The Morgan fingerprint density at radius 1 is 1.11 bits per heavy atom. The van der Waals surface area contributed by atoms with Gasteiger partial charge in [-0.3, -0.25) is 0 Å². The molecule has 0 bridgehead atoms. The van der Waals surface area contributed by atoms with E-state index in [1.54, 1.807) is 0 Å². The van der Waals surface area contributed by atoms with Crippen LogP contribution in [-0.4, -0.2) is 24.8 Å². The molecule has 0 aromatic heterocycles. The van der Waals surface area contributed by atoms with Crippen molar-refractivity contribution in [1.29, 1.82) is 0 Å². The normalized spacial score (nSPS) is 26.4. The average Bonchev–Trinajstić information content (AvgIpc) is 2.47. The fraction of sp³-hybridized carbons (Fsp3) is 0.647. The summed E-state index contributed by atoms with van der Waals surface area (Å²) in [6.07, 6.45) is 9.23. The molecule has 1 unspecified atom stereocenters. The lowest BCUT2D eigenvalue weighted by atomic mass is 9.83. The van der Waals surface area contributed by atoms with Gasteiger partial charge in [0.15, 0.2) is 0 Å². The molecule has 104 valence electrons. The molecule has 1 aromatic carbocycles. The van der Waals surface area contributed by atoms with Crippen LogP contribution in [0.15, 0.2) is 30.3 Å². The zero-order valence-corrected chi connectivity index (χ0v) is 11.7. The number of hydrogen-bond donors (Lipinski definition) is 1. The molecule has 0 radical (unpaired) electrons. The zero-order chi connectivity index (χ0) is 13.0. The van der Waals surface area contributed by atoms with E-state index in [9.17, 15) is 0 Å². The minimum atomic E-state index is 0.165. The summed E-state index contributed by atoms with van der Waals surface area (Å²) in [6, 6.07) is 10.8. The van der Waals surface area contributed by atoms with Gasteiger partial charge >= 0.3 is 0 Å². The minimum absolute atomic E-state index is 0.165. The van der Waals surface area contributed by atoms with Crippen molar-refractivity contribution in [2.75, 3.05) is 13.1 Å². The van der Waals surface area contributed by atoms with Crippen molar-refractivity contribution in [1.82, 2.24) is 5.32 Å². The first-order valence-electron chi connectivity index (χ1n) is 7.79. The molecule has 1 saturated carbocycles. The van der Waals surface area contributed by atoms with Gasteiger partial charge in [-0.2, -0.15) is 0 Å². The van der Waals surface area contributed by atoms with Gasteiger partial charge in [-0.25, -0.2) is 0 Å². The maximum Gasteiger partial charge on any atom is 0.0810 e. The van der Waals surface area contributed by atoms with Gasteiger partial charge in [0.2, 0.25) is 0 Å². The molecule has 1 aliphatic heterocycles. The summed E-state index contributed by atoms with van der Waals surface area (Å²) in [7, 11) is 0. The van der Waals surface area contributed by atoms with Gasteiger partial charge in [-0.05, 0) is 31.2 Å². The van der Waals surface area contributed by atoms with Crippen LogP contribution in [0.5, 0.6) is 0 Å². The highest BCUT2D eigenvalue weighted by Crippen LogP contribution is 2.34. The third-order valence-corrected chi connectivity index (χ3v) is 4.60. The Morgan fingerprint density at radius 3 is 2.68 bits per heavy atom. The van der Waals surface area contributed by atoms with Crippen LogP contribution in [-0.2, 0) is 11.2 Å². The lowest BCUT2D eigenvalue weighted by Crippen LogP contribution is -2.54. The number of benzene rings is 1. The molecule has 2 heteroatoms. The van der Waals surface area contributed by atoms with Crippen LogP contribution in [0, 0.1) is 0 Å². The van der Waals surface area contributed by atoms with E-state index >= 15 is 0 Å². The van der Waals surface area contributed by atoms with Crippen molar-refractivity contribution in [2.24, 2.45) is 0 Å². The summed E-state index contributed by atoms with van der Waals surface area (Å²) in [5.41, 5.74) is 1.59. The Labute approximate surface area is 116 Å². The van der Waals surface area contributed by atoms with Crippen LogP contribution in [0.1, 0.15) is 44.1 Å². The maximum atomic E-state index is 6.47. The molecular formula is C17H25NO. The monoisotopic (exact) mass is 259 g/mol. The van der Waals surface area contributed by atoms with Gasteiger partial charge in [-0.15, -0.1) is 0 Å². The van der Waals surface area contributed by atoms with Crippen LogP contribution < -0.4 is 5.32 Å². The largest absolute Gasteiger partial charge is 0.369 e. The highest BCUT2D eigenvalue weighted by atomic mass is 16.5. The molecule has 1 N–H and O–H groups in total. The molecule has 2 aliphatic rings. The number of ether oxygens (including phenoxy) is 1. The fourth-order valence-corrected chi connectivity index (χ4v) is 3.52. The third-order valence-electron chi connectivity index (χ3n) is 4.60. The summed E-state index contributed by atoms with van der Waals surface area (Å²) >= 11 is 0. The van der Waals surface area contributed by atoms with Crippen molar-refractivity contribution in [3.63, 3.8) is 0 Å². The van der Waals surface area contributed by atoms with E-state index < -0.39 is 0 Å². The second-order valence-electron chi connectivity index (χ2n) is 6.14. The highest BCUT2D eigenvalue weighted by Gasteiger charge is 2.37. The summed E-state index contributed by atoms with van der Waals surface area (Å²) in [5, 5.41) is 3.61. The number of morpholine rings is 1. The minimum Gasteiger partial charge on any atom is -0.369 e. The van der Waals surface area contributed by atoms with E-state index in [1.807, 2.05) is 0 Å². The van der Waals surface area contributed by atoms with Gasteiger partial charge in [-0.1, -0.05) is 49.6 Å². The number of aryl methyl sites for hydroxylation is 1. The van der Waals surface area contributed by atoms with E-state index in [0.29, 0.717) is 6.10 Å². The molecule has 1 aromatic rings. The van der Waals surface area contributed by atoms with E-state index in [2.05, 4.69) is 35.6 Å². The van der Waals surface area contributed by atoms with Crippen LogP contribution in [0.3, 0.4) is 0 Å². The Bertz CT molecular complexity index is 378. The Morgan fingerprint density at radius 2 is 1.89 bits per heavy atom. The lowest BCUT2D eigenvalue weighted by Gasteiger charge is -2.44. The average molecular weight is 259 g/mol. The van der Waals surface area contributed by atoms with E-state index in [4.69, 9.17) is 4.74 Å². The fourth-order valence-electron chi connectivity index (χ4n) is 3.52. The van der Waals surface area contributed by atoms with E-state index in [0.717, 1.165) is 25.9 Å². The molecular weight excluding hydrogens is 234 g/mol. The maximum absolute atomic E-state index is 6.47. The van der Waals surface area contributed by atoms with Crippen LogP contribution >= 0.6 is 0 Å². The molecule has 2 fully saturated rings. The topological polar surface area (TPSA) is 21.3 Å². The van der Waals surface area contributed by atoms with Gasteiger partial charge < -0.3 is 10.1 Å². The van der Waals surface area contributed by atoms with Crippen molar-refractivity contribution >= 4 is 0 Å². The summed E-state index contributed by atoms with van der Waals surface area (Å²) in [6.45, 7) is 2.09. The van der Waals surface area contributed by atoms with Gasteiger partial charge in [0, 0.05) is 13.1 Å². The first-order chi connectivity index (χ1) is 9.36. The predicted molar refractivity (Wildman–Crippen MR) is 78.3 cm³/mol. The van der Waals surface area contributed by atoms with Gasteiger partial charge in [0.1, 0.15) is 0 Å². The van der Waals surface area contributed by atoms with Gasteiger partial charge in [0.05, 0.1) is 11.7 Å². The SMILES string of the molecule is c1ccc(CCC2CNCC3(CCCCC3)O2)cc1. The molecule has 1 heterocycles. The predicted octanol–water partition coefficient (Wildman–Crippen LogP) is 3.31. The van der Waals surface area contributed by atoms with Crippen molar-refractivity contribution in [3.05, 3.63) is 35.9 Å². The van der Waals surface area contributed by atoms with E-state index in [-0.39, 0.29) is 5.60 Å². The molecule has 0 amide bonds. The van der Waals surface area contributed by atoms with Crippen molar-refractivity contribution in [2.45, 2.75) is 56.7 Å². The van der Waals surface area contributed by atoms with Crippen molar-refractivity contribution in [3.8, 4) is 0 Å². The van der Waals surface area contributed by atoms with Crippen LogP contribution in [0.2, 0.25) is 0 Å². The molecule has 1 aliphatic carbocycles. The number of hydrogen-bond acceptors (Lipinski definition) is 2.